The molecule has 2 unspecified atom stereocenters. The fourth-order valence-corrected chi connectivity index (χ4v) is 4.22. The van der Waals surface area contributed by atoms with Crippen LogP contribution in [-0.4, -0.2) is 34.6 Å². The molecular weight excluding hydrogens is 391 g/mol. The van der Waals surface area contributed by atoms with Gasteiger partial charge in [-0.2, -0.15) is 13.2 Å². The lowest BCUT2D eigenvalue weighted by molar-refractivity contribution is -0.189. The van der Waals surface area contributed by atoms with Gasteiger partial charge >= 0.3 is 6.18 Å². The normalized spacial score (nSPS) is 20.4. The van der Waals surface area contributed by atoms with Crippen molar-refractivity contribution in [2.45, 2.75) is 43.9 Å². The third-order valence-corrected chi connectivity index (χ3v) is 5.51. The number of hydrogen-bond acceptors (Lipinski definition) is 3. The van der Waals surface area contributed by atoms with Crippen molar-refractivity contribution in [2.75, 3.05) is 11.9 Å². The van der Waals surface area contributed by atoms with E-state index in [9.17, 15) is 18.0 Å². The molecule has 1 aliphatic carbocycles. The monoisotopic (exact) mass is 409 g/mol. The molecule has 0 radical (unpaired) electrons. The molecule has 2 atom stereocenters. The standard InChI is InChI=1S/C20H19ClF3N3O/c21-14-4-3-12-9-16(10-13(12)8-14)26-15-5-6-17(25-11-15)19(20(22,23)24)27-7-1-2-18(27)28/h3-6,8,11,16,19,26H,1-2,7,9-10H2. The van der Waals surface area contributed by atoms with Gasteiger partial charge in [-0.3, -0.25) is 9.78 Å². The van der Waals surface area contributed by atoms with Gasteiger partial charge in [-0.05, 0) is 54.7 Å². The smallest absolute Gasteiger partial charge is 0.380 e. The molecular formula is C20H19ClF3N3O. The minimum Gasteiger partial charge on any atom is -0.380 e. The second-order valence-electron chi connectivity index (χ2n) is 7.27. The van der Waals surface area contributed by atoms with Crippen LogP contribution in [0.15, 0.2) is 36.5 Å². The summed E-state index contributed by atoms with van der Waals surface area (Å²) in [5.41, 5.74) is 2.89. The number of aromatic nitrogens is 1. The number of hydrogen-bond donors (Lipinski definition) is 1. The molecule has 0 saturated carbocycles. The van der Waals surface area contributed by atoms with Crippen molar-refractivity contribution in [1.82, 2.24) is 9.88 Å². The predicted octanol–water partition coefficient (Wildman–Crippen LogP) is 4.54. The number of halogens is 4. The number of amides is 1. The molecule has 1 saturated heterocycles. The number of likely N-dealkylation sites (tertiary alicyclic amines) is 1. The van der Waals surface area contributed by atoms with Gasteiger partial charge in [-0.25, -0.2) is 0 Å². The lowest BCUT2D eigenvalue weighted by Gasteiger charge is -2.29. The van der Waals surface area contributed by atoms with E-state index in [4.69, 9.17) is 11.6 Å². The molecule has 2 heterocycles. The first-order chi connectivity index (χ1) is 13.3. The summed E-state index contributed by atoms with van der Waals surface area (Å²) in [5.74, 6) is -0.478. The topological polar surface area (TPSA) is 45.2 Å². The lowest BCUT2D eigenvalue weighted by atomic mass is 10.1. The highest BCUT2D eigenvalue weighted by molar-refractivity contribution is 6.30. The van der Waals surface area contributed by atoms with E-state index in [1.807, 2.05) is 18.2 Å². The van der Waals surface area contributed by atoms with Crippen molar-refractivity contribution >= 4 is 23.2 Å². The van der Waals surface area contributed by atoms with Crippen LogP contribution in [0, 0.1) is 0 Å². The highest BCUT2D eigenvalue weighted by atomic mass is 35.5. The first kappa shape index (κ1) is 19.1. The van der Waals surface area contributed by atoms with Gasteiger partial charge in [-0.1, -0.05) is 17.7 Å². The number of rotatable bonds is 4. The Labute approximate surface area is 165 Å². The van der Waals surface area contributed by atoms with Gasteiger partial charge in [0, 0.05) is 24.0 Å². The number of pyridine rings is 1. The summed E-state index contributed by atoms with van der Waals surface area (Å²) in [6.07, 6.45) is -0.943. The molecule has 8 heteroatoms. The Morgan fingerprint density at radius 1 is 1.18 bits per heavy atom. The Hall–Kier alpha value is -2.28. The Bertz CT molecular complexity index is 885. The van der Waals surface area contributed by atoms with Crippen LogP contribution in [0.4, 0.5) is 18.9 Å². The number of carbonyl (C=O) groups excluding carboxylic acids is 1. The number of fused-ring (bicyclic) bond motifs is 1. The van der Waals surface area contributed by atoms with E-state index in [1.54, 1.807) is 6.07 Å². The predicted molar refractivity (Wildman–Crippen MR) is 100 cm³/mol. The van der Waals surface area contributed by atoms with E-state index >= 15 is 0 Å². The van der Waals surface area contributed by atoms with Gasteiger partial charge in [-0.15, -0.1) is 0 Å². The van der Waals surface area contributed by atoms with E-state index in [-0.39, 0.29) is 24.7 Å². The Balaban J connectivity index is 1.48. The summed E-state index contributed by atoms with van der Waals surface area (Å²) in [5, 5.41) is 4.02. The molecule has 1 aliphatic heterocycles. The molecule has 1 amide bonds. The zero-order valence-corrected chi connectivity index (χ0v) is 15.7. The molecule has 4 nitrogen and oxygen atoms in total. The molecule has 2 aliphatic rings. The molecule has 1 aromatic carbocycles. The van der Waals surface area contributed by atoms with Crippen LogP contribution in [0.25, 0.3) is 0 Å². The highest BCUT2D eigenvalue weighted by Crippen LogP contribution is 2.39. The maximum absolute atomic E-state index is 13.6. The summed E-state index contributed by atoms with van der Waals surface area (Å²) in [7, 11) is 0. The molecule has 28 heavy (non-hydrogen) atoms. The van der Waals surface area contributed by atoms with Crippen LogP contribution in [0.5, 0.6) is 0 Å². The van der Waals surface area contributed by atoms with Crippen LogP contribution in [0.1, 0.15) is 35.7 Å². The SMILES string of the molecule is O=C1CCCN1C(c1ccc(NC2Cc3ccc(Cl)cc3C2)cn1)C(F)(F)F. The molecule has 0 spiro atoms. The first-order valence-electron chi connectivity index (χ1n) is 9.17. The second kappa shape index (κ2) is 7.28. The van der Waals surface area contributed by atoms with Crippen molar-refractivity contribution in [3.8, 4) is 0 Å². The largest absolute Gasteiger partial charge is 0.414 e. The quantitative estimate of drug-likeness (QED) is 0.806. The zero-order valence-electron chi connectivity index (χ0n) is 15.0. The number of anilines is 1. The number of alkyl halides is 3. The van der Waals surface area contributed by atoms with Gasteiger partial charge < -0.3 is 10.2 Å². The fraction of sp³-hybridized carbons (Fsp3) is 0.400. The van der Waals surface area contributed by atoms with E-state index in [0.717, 1.165) is 17.7 Å². The Kier molecular flexibility index (Phi) is 4.95. The summed E-state index contributed by atoms with van der Waals surface area (Å²) in [6.45, 7) is 0.105. The summed E-state index contributed by atoms with van der Waals surface area (Å²) in [6, 6.07) is 6.90. The molecule has 2 aromatic rings. The van der Waals surface area contributed by atoms with Crippen LogP contribution in [0.3, 0.4) is 0 Å². The lowest BCUT2D eigenvalue weighted by Crippen LogP contribution is -2.39. The number of nitrogens with one attached hydrogen (secondary N) is 1. The molecule has 4 rings (SSSR count). The summed E-state index contributed by atoms with van der Waals surface area (Å²) in [4.78, 5) is 16.8. The average Bonchev–Trinajstić information content (AvgIpc) is 3.21. The van der Waals surface area contributed by atoms with E-state index in [1.165, 1.54) is 23.4 Å². The third-order valence-electron chi connectivity index (χ3n) is 5.27. The number of nitrogens with zero attached hydrogens (tertiary/aromatic N) is 2. The van der Waals surface area contributed by atoms with E-state index in [2.05, 4.69) is 10.3 Å². The average molecular weight is 410 g/mol. The van der Waals surface area contributed by atoms with Crippen LogP contribution >= 0.6 is 11.6 Å². The summed E-state index contributed by atoms with van der Waals surface area (Å²) < 4.78 is 40.7. The van der Waals surface area contributed by atoms with Gasteiger partial charge in [0.1, 0.15) is 0 Å². The molecule has 148 valence electrons. The fourth-order valence-electron chi connectivity index (χ4n) is 4.02. The Morgan fingerprint density at radius 2 is 1.96 bits per heavy atom. The minimum atomic E-state index is -4.56. The maximum Gasteiger partial charge on any atom is 0.414 e. The zero-order chi connectivity index (χ0) is 19.9. The third kappa shape index (κ3) is 3.81. The second-order valence-corrected chi connectivity index (χ2v) is 7.71. The first-order valence-corrected chi connectivity index (χ1v) is 9.55. The van der Waals surface area contributed by atoms with Crippen molar-refractivity contribution < 1.29 is 18.0 Å². The molecule has 1 N–H and O–H groups in total. The number of carbonyl (C=O) groups is 1. The van der Waals surface area contributed by atoms with Gasteiger partial charge in [0.25, 0.3) is 0 Å². The van der Waals surface area contributed by atoms with Crippen molar-refractivity contribution in [2.24, 2.45) is 0 Å². The minimum absolute atomic E-state index is 0.105. The van der Waals surface area contributed by atoms with Crippen molar-refractivity contribution in [3.05, 3.63) is 58.4 Å². The van der Waals surface area contributed by atoms with Crippen LogP contribution in [-0.2, 0) is 17.6 Å². The molecule has 1 fully saturated rings. The van der Waals surface area contributed by atoms with Crippen LogP contribution < -0.4 is 5.32 Å². The van der Waals surface area contributed by atoms with Gasteiger partial charge in [0.05, 0.1) is 17.6 Å². The molecule has 0 bridgehead atoms. The van der Waals surface area contributed by atoms with Crippen molar-refractivity contribution in [1.29, 1.82) is 0 Å². The molecule has 1 aromatic heterocycles. The Morgan fingerprint density at radius 3 is 2.61 bits per heavy atom. The van der Waals surface area contributed by atoms with Crippen LogP contribution in [0.2, 0.25) is 5.02 Å². The van der Waals surface area contributed by atoms with E-state index in [0.29, 0.717) is 17.1 Å². The van der Waals surface area contributed by atoms with Gasteiger partial charge in [0.15, 0.2) is 6.04 Å². The number of benzene rings is 1. The maximum atomic E-state index is 13.6. The van der Waals surface area contributed by atoms with Gasteiger partial charge in [0.2, 0.25) is 5.91 Å². The summed E-state index contributed by atoms with van der Waals surface area (Å²) >= 11 is 6.03. The van der Waals surface area contributed by atoms with E-state index < -0.39 is 18.1 Å². The highest BCUT2D eigenvalue weighted by Gasteiger charge is 2.48. The van der Waals surface area contributed by atoms with Crippen molar-refractivity contribution in [3.63, 3.8) is 0 Å².